The van der Waals surface area contributed by atoms with Crippen molar-refractivity contribution in [3.05, 3.63) is 56.7 Å². The van der Waals surface area contributed by atoms with Crippen LogP contribution in [0.4, 0.5) is 5.69 Å². The van der Waals surface area contributed by atoms with Crippen LogP contribution in [-0.2, 0) is 9.59 Å². The minimum Gasteiger partial charge on any atom is -0.480 e. The molecular weight excluding hydrogens is 392 g/mol. The zero-order valence-corrected chi connectivity index (χ0v) is 15.5. The van der Waals surface area contributed by atoms with Gasteiger partial charge in [0.25, 0.3) is 11.6 Å². The SMILES string of the molecule is Cc1ccc(-c2ccc(/C=C3/SC(=S)N(CC(=O)O)C3=O)o2)c([N+](=O)[O-])c1. The van der Waals surface area contributed by atoms with Crippen LogP contribution in [0.25, 0.3) is 17.4 Å². The Kier molecular flexibility index (Phi) is 5.10. The largest absolute Gasteiger partial charge is 0.480 e. The first-order valence-electron chi connectivity index (χ1n) is 7.58. The average Bonchev–Trinajstić information content (AvgIpc) is 3.15. The standard InChI is InChI=1S/C17H12N2O6S2/c1-9-2-4-11(12(6-9)19(23)24)13-5-3-10(25-13)7-14-16(22)18(8-15(20)21)17(26)27-14/h2-7H,8H2,1H3,(H,20,21)/b14-7+. The van der Waals surface area contributed by atoms with Gasteiger partial charge in [-0.2, -0.15) is 0 Å². The number of thioether (sulfide) groups is 1. The van der Waals surface area contributed by atoms with E-state index >= 15 is 0 Å². The normalized spacial score (nSPS) is 15.6. The van der Waals surface area contributed by atoms with Crippen LogP contribution in [0.2, 0.25) is 0 Å². The van der Waals surface area contributed by atoms with Gasteiger partial charge in [-0.3, -0.25) is 24.6 Å². The summed E-state index contributed by atoms with van der Waals surface area (Å²) in [6.07, 6.45) is 1.44. The molecule has 8 nitrogen and oxygen atoms in total. The maximum atomic E-state index is 12.3. The van der Waals surface area contributed by atoms with Crippen molar-refractivity contribution in [2.45, 2.75) is 6.92 Å². The van der Waals surface area contributed by atoms with Crippen LogP contribution >= 0.6 is 24.0 Å². The lowest BCUT2D eigenvalue weighted by molar-refractivity contribution is -0.384. The van der Waals surface area contributed by atoms with Crippen molar-refractivity contribution in [1.82, 2.24) is 4.90 Å². The highest BCUT2D eigenvalue weighted by atomic mass is 32.2. The lowest BCUT2D eigenvalue weighted by Gasteiger charge is -2.09. The number of rotatable bonds is 5. The smallest absolute Gasteiger partial charge is 0.323 e. The van der Waals surface area contributed by atoms with Crippen molar-refractivity contribution < 1.29 is 24.0 Å². The van der Waals surface area contributed by atoms with Crippen LogP contribution in [0.5, 0.6) is 0 Å². The quantitative estimate of drug-likeness (QED) is 0.349. The van der Waals surface area contributed by atoms with Gasteiger partial charge in [0.15, 0.2) is 0 Å². The second-order valence-electron chi connectivity index (χ2n) is 5.64. The molecule has 0 aliphatic carbocycles. The van der Waals surface area contributed by atoms with Gasteiger partial charge < -0.3 is 9.52 Å². The second kappa shape index (κ2) is 7.33. The maximum Gasteiger partial charge on any atom is 0.323 e. The molecule has 2 heterocycles. The minimum atomic E-state index is -1.17. The first kappa shape index (κ1) is 18.8. The minimum absolute atomic E-state index is 0.0799. The molecule has 1 aliphatic rings. The number of aliphatic carboxylic acids is 1. The molecule has 1 saturated heterocycles. The molecule has 138 valence electrons. The Bertz CT molecular complexity index is 1010. The number of hydrogen-bond donors (Lipinski definition) is 1. The summed E-state index contributed by atoms with van der Waals surface area (Å²) in [5.74, 6) is -1.10. The van der Waals surface area contributed by atoms with Crippen molar-refractivity contribution in [1.29, 1.82) is 0 Å². The van der Waals surface area contributed by atoms with Gasteiger partial charge in [0.1, 0.15) is 22.4 Å². The third-order valence-electron chi connectivity index (χ3n) is 3.68. The Hall–Kier alpha value is -2.98. The third kappa shape index (κ3) is 3.91. The Morgan fingerprint density at radius 1 is 1.41 bits per heavy atom. The zero-order chi connectivity index (χ0) is 19.7. The maximum absolute atomic E-state index is 12.3. The summed E-state index contributed by atoms with van der Waals surface area (Å²) in [4.78, 5) is 35.1. The summed E-state index contributed by atoms with van der Waals surface area (Å²) >= 11 is 6.00. The van der Waals surface area contributed by atoms with Crippen molar-refractivity contribution >= 4 is 51.9 Å². The van der Waals surface area contributed by atoms with Gasteiger partial charge in [0.2, 0.25) is 0 Å². The highest BCUT2D eigenvalue weighted by molar-refractivity contribution is 8.26. The number of thiocarbonyl (C=S) groups is 1. The molecule has 1 aliphatic heterocycles. The summed E-state index contributed by atoms with van der Waals surface area (Å²) < 4.78 is 5.79. The summed E-state index contributed by atoms with van der Waals surface area (Å²) in [6.45, 7) is 1.24. The van der Waals surface area contributed by atoms with Crippen LogP contribution in [0, 0.1) is 17.0 Å². The van der Waals surface area contributed by atoms with E-state index < -0.39 is 23.3 Å². The van der Waals surface area contributed by atoms with E-state index in [0.717, 1.165) is 22.2 Å². The number of nitro groups is 1. The van der Waals surface area contributed by atoms with Gasteiger partial charge >= 0.3 is 5.97 Å². The summed E-state index contributed by atoms with van der Waals surface area (Å²) in [6, 6.07) is 7.93. The van der Waals surface area contributed by atoms with E-state index in [-0.39, 0.29) is 20.7 Å². The van der Waals surface area contributed by atoms with Crippen LogP contribution in [0.3, 0.4) is 0 Å². The van der Waals surface area contributed by atoms with Crippen molar-refractivity contribution in [2.75, 3.05) is 6.54 Å². The molecule has 27 heavy (non-hydrogen) atoms. The van der Waals surface area contributed by atoms with Crippen molar-refractivity contribution in [3.63, 3.8) is 0 Å². The number of nitro benzene ring substituents is 1. The molecule has 1 N–H and O–H groups in total. The molecule has 0 saturated carbocycles. The molecule has 1 aromatic carbocycles. The lowest BCUT2D eigenvalue weighted by Crippen LogP contribution is -2.33. The van der Waals surface area contributed by atoms with Crippen LogP contribution in [-0.4, -0.2) is 37.7 Å². The first-order valence-corrected chi connectivity index (χ1v) is 8.81. The molecule has 1 fully saturated rings. The molecule has 0 spiro atoms. The molecule has 1 aromatic heterocycles. The second-order valence-corrected chi connectivity index (χ2v) is 7.32. The highest BCUT2D eigenvalue weighted by Gasteiger charge is 2.33. The Morgan fingerprint density at radius 2 is 2.15 bits per heavy atom. The van der Waals surface area contributed by atoms with Crippen molar-refractivity contribution in [2.24, 2.45) is 0 Å². The molecule has 3 rings (SSSR count). The third-order valence-corrected chi connectivity index (χ3v) is 5.06. The Balaban J connectivity index is 1.91. The fourth-order valence-corrected chi connectivity index (χ4v) is 3.71. The number of nitrogens with zero attached hydrogens (tertiary/aromatic N) is 2. The molecule has 2 aromatic rings. The summed E-state index contributed by atoms with van der Waals surface area (Å²) in [5, 5.41) is 20.1. The predicted octanol–water partition coefficient (Wildman–Crippen LogP) is 3.45. The van der Waals surface area contributed by atoms with E-state index in [1.807, 2.05) is 0 Å². The number of benzene rings is 1. The van der Waals surface area contributed by atoms with Gasteiger partial charge in [-0.1, -0.05) is 30.0 Å². The van der Waals surface area contributed by atoms with Gasteiger partial charge in [-0.15, -0.1) is 0 Å². The fourth-order valence-electron chi connectivity index (χ4n) is 2.48. The summed E-state index contributed by atoms with van der Waals surface area (Å²) in [5.41, 5.74) is 0.992. The average molecular weight is 404 g/mol. The number of furan rings is 1. The molecule has 0 radical (unpaired) electrons. The van der Waals surface area contributed by atoms with Crippen LogP contribution in [0.15, 0.2) is 39.7 Å². The van der Waals surface area contributed by atoms with Gasteiger partial charge in [0, 0.05) is 12.1 Å². The van der Waals surface area contributed by atoms with Gasteiger partial charge in [-0.25, -0.2) is 0 Å². The lowest BCUT2D eigenvalue weighted by atomic mass is 10.1. The number of amides is 1. The number of carboxylic acids is 1. The Morgan fingerprint density at radius 3 is 2.81 bits per heavy atom. The first-order chi connectivity index (χ1) is 12.8. The zero-order valence-electron chi connectivity index (χ0n) is 13.9. The van der Waals surface area contributed by atoms with E-state index in [4.69, 9.17) is 21.7 Å². The predicted molar refractivity (Wildman–Crippen MR) is 103 cm³/mol. The fraction of sp³-hybridized carbons (Fsp3) is 0.118. The number of carboxylic acid groups (broad SMARTS) is 1. The van der Waals surface area contributed by atoms with Crippen LogP contribution < -0.4 is 0 Å². The number of carbonyl (C=O) groups excluding carboxylic acids is 1. The molecule has 0 unspecified atom stereocenters. The topological polar surface area (TPSA) is 114 Å². The number of carbonyl (C=O) groups is 2. The van der Waals surface area contributed by atoms with Gasteiger partial charge in [0.05, 0.1) is 15.4 Å². The number of hydrogen-bond acceptors (Lipinski definition) is 7. The molecule has 0 bridgehead atoms. The van der Waals surface area contributed by atoms with E-state index in [1.54, 1.807) is 31.2 Å². The monoisotopic (exact) mass is 404 g/mol. The molecule has 10 heteroatoms. The highest BCUT2D eigenvalue weighted by Crippen LogP contribution is 2.35. The van der Waals surface area contributed by atoms with E-state index in [9.17, 15) is 19.7 Å². The van der Waals surface area contributed by atoms with E-state index in [2.05, 4.69) is 0 Å². The summed E-state index contributed by atoms with van der Waals surface area (Å²) in [7, 11) is 0. The number of aryl methyl sites for hydroxylation is 1. The molecule has 0 atom stereocenters. The molecular formula is C17H12N2O6S2. The Labute approximate surface area is 162 Å². The van der Waals surface area contributed by atoms with E-state index in [0.29, 0.717) is 11.3 Å². The van der Waals surface area contributed by atoms with E-state index in [1.165, 1.54) is 12.1 Å². The van der Waals surface area contributed by atoms with Crippen molar-refractivity contribution in [3.8, 4) is 11.3 Å². The van der Waals surface area contributed by atoms with Crippen LogP contribution in [0.1, 0.15) is 11.3 Å². The molecule has 1 amide bonds. The van der Waals surface area contributed by atoms with Gasteiger partial charge in [-0.05, 0) is 30.7 Å².